The van der Waals surface area contributed by atoms with E-state index in [1.54, 1.807) is 0 Å². The first-order valence-electron chi connectivity index (χ1n) is 18.8. The molecule has 0 atom stereocenters. The summed E-state index contributed by atoms with van der Waals surface area (Å²) in [6, 6.07) is 51.8. The number of hydrogen-bond donors (Lipinski definition) is 0. The zero-order chi connectivity index (χ0) is 38.3. The fourth-order valence-corrected chi connectivity index (χ4v) is 8.52. The van der Waals surface area contributed by atoms with Gasteiger partial charge in [0.2, 0.25) is 5.71 Å². The number of nitrogens with zero attached hydrogens (tertiary/aromatic N) is 4. The number of rotatable bonds is 6. The van der Waals surface area contributed by atoms with Crippen LogP contribution in [0.25, 0.3) is 72.6 Å². The molecule has 5 aromatic carbocycles. The van der Waals surface area contributed by atoms with Crippen molar-refractivity contribution in [3.8, 4) is 39.5 Å². The molecule has 0 bridgehead atoms. The summed E-state index contributed by atoms with van der Waals surface area (Å²) in [6.45, 7) is 12.8. The first-order valence-corrected chi connectivity index (χ1v) is 21.8. The fourth-order valence-electron chi connectivity index (χ4n) is 6.94. The Hall–Kier alpha value is -5.46. The molecule has 4 heterocycles. The minimum absolute atomic E-state index is 0. The molecule has 0 fully saturated rings. The molecule has 0 aliphatic rings. The van der Waals surface area contributed by atoms with E-state index in [0.29, 0.717) is 5.71 Å². The van der Waals surface area contributed by atoms with Crippen LogP contribution in [0.5, 0.6) is 0 Å². The monoisotopic (exact) mass is 912 g/mol. The first-order chi connectivity index (χ1) is 26.5. The molecule has 1 radical (unpaired) electrons. The van der Waals surface area contributed by atoms with Gasteiger partial charge in [-0.3, -0.25) is 4.98 Å². The van der Waals surface area contributed by atoms with Crippen LogP contribution in [0.1, 0.15) is 32.4 Å². The molecule has 0 N–H and O–H groups in total. The van der Waals surface area contributed by atoms with Crippen LogP contribution in [0, 0.1) is 19.1 Å². The van der Waals surface area contributed by atoms with Crippen LogP contribution < -0.4 is 5.19 Å². The summed E-state index contributed by atoms with van der Waals surface area (Å²) in [5.74, 6) is 0.183. The Labute approximate surface area is 338 Å². The molecule has 55 heavy (non-hydrogen) atoms. The molecule has 9 aromatic rings. The average Bonchev–Trinajstić information content (AvgIpc) is 3.76. The zero-order valence-electron chi connectivity index (χ0n) is 32.8. The van der Waals surface area contributed by atoms with E-state index in [0.717, 1.165) is 67.0 Å². The second kappa shape index (κ2) is 15.7. The van der Waals surface area contributed by atoms with Gasteiger partial charge in [-0.1, -0.05) is 111 Å². The van der Waals surface area contributed by atoms with E-state index in [1.807, 2.05) is 93.7 Å². The number of aromatic nitrogens is 4. The Kier molecular flexibility index (Phi) is 10.4. The molecule has 275 valence electrons. The van der Waals surface area contributed by atoms with E-state index >= 15 is 0 Å². The Morgan fingerprint density at radius 2 is 1.47 bits per heavy atom. The topological polar surface area (TPSA) is 56.7 Å². The Bertz CT molecular complexity index is 2780. The predicted molar refractivity (Wildman–Crippen MR) is 226 cm³/mol. The summed E-state index contributed by atoms with van der Waals surface area (Å²) in [5.41, 5.74) is 11.5. The van der Waals surface area contributed by atoms with Gasteiger partial charge in [-0.15, -0.1) is 54.1 Å². The molecule has 0 aliphatic heterocycles. The maximum absolute atomic E-state index is 8.44. The SMILES string of the molecule is Cc1ccc2c(n1)oc1c(-c3nc4ccccc4n3-c3ccc(-c4ccccc4)cc3)[c-]ccc12.[2H]C(C)(C)c1cc(-c2[c-]cccc2)ncc1[Si](C)(C)C.[Ir]. The first kappa shape index (κ1) is 36.5. The second-order valence-electron chi connectivity index (χ2n) is 14.8. The number of furan rings is 1. The summed E-state index contributed by atoms with van der Waals surface area (Å²) in [5, 5.41) is 3.28. The second-order valence-corrected chi connectivity index (χ2v) is 19.9. The number of imidazole rings is 1. The minimum Gasteiger partial charge on any atom is -0.486 e. The van der Waals surface area contributed by atoms with E-state index in [9.17, 15) is 0 Å². The van der Waals surface area contributed by atoms with Gasteiger partial charge in [-0.25, -0.2) is 4.98 Å². The zero-order valence-corrected chi connectivity index (χ0v) is 35.2. The van der Waals surface area contributed by atoms with E-state index in [1.165, 1.54) is 16.3 Å². The summed E-state index contributed by atoms with van der Waals surface area (Å²) >= 11 is 0. The molecule has 4 aromatic heterocycles. The average molecular weight is 912 g/mol. The van der Waals surface area contributed by atoms with Gasteiger partial charge in [0.25, 0.3) is 0 Å². The molecule has 5 nitrogen and oxygen atoms in total. The molecule has 0 saturated heterocycles. The number of hydrogen-bond acceptors (Lipinski definition) is 4. The van der Waals surface area contributed by atoms with Gasteiger partial charge in [0.05, 0.1) is 30.5 Å². The van der Waals surface area contributed by atoms with Crippen LogP contribution in [-0.2, 0) is 20.1 Å². The van der Waals surface area contributed by atoms with Gasteiger partial charge in [0, 0.05) is 44.4 Å². The van der Waals surface area contributed by atoms with Crippen molar-refractivity contribution in [2.24, 2.45) is 0 Å². The van der Waals surface area contributed by atoms with Crippen molar-refractivity contribution < 1.29 is 25.9 Å². The summed E-state index contributed by atoms with van der Waals surface area (Å²) in [4.78, 5) is 14.2. The van der Waals surface area contributed by atoms with Crippen molar-refractivity contribution in [2.75, 3.05) is 0 Å². The van der Waals surface area contributed by atoms with Crippen molar-refractivity contribution in [3.63, 3.8) is 0 Å². The number of pyridine rings is 2. The number of aryl methyl sites for hydroxylation is 1. The summed E-state index contributed by atoms with van der Waals surface area (Å²) in [6.07, 6.45) is 1.98. The third kappa shape index (κ3) is 7.61. The molecule has 0 amide bonds. The number of fused-ring (bicyclic) bond motifs is 4. The molecule has 0 saturated carbocycles. The van der Waals surface area contributed by atoms with Crippen LogP contribution >= 0.6 is 0 Å². The number of benzene rings is 5. The standard InChI is InChI=1S/C31H20N3O.C17H22NSi.Ir/c1-20-14-19-25-24-10-7-11-26(29(24)35-31(25)32-20)30-33-27-12-5-6-13-28(27)34(30)23-17-15-22(16-18-23)21-8-3-2-4-9-21;1-13(2)15-11-16(14-9-7-6-8-10-14)18-12-17(15)19(3,4)5;/h2-10,12-19H,1H3;6-9,11-13H,1-5H3;/q2*-1;/i;13D;. The molecule has 0 aliphatic carbocycles. The Morgan fingerprint density at radius 1 is 0.745 bits per heavy atom. The summed E-state index contributed by atoms with van der Waals surface area (Å²) in [7, 11) is -1.50. The Morgan fingerprint density at radius 3 is 2.20 bits per heavy atom. The minimum atomic E-state index is -1.50. The van der Waals surface area contributed by atoms with Gasteiger partial charge in [0.1, 0.15) is 0 Å². The largest absolute Gasteiger partial charge is 0.486 e. The Balaban J connectivity index is 0.000000197. The quantitative estimate of drug-likeness (QED) is 0.123. The van der Waals surface area contributed by atoms with Crippen LogP contribution in [-0.4, -0.2) is 27.6 Å². The molecule has 0 unspecified atom stereocenters. The smallest absolute Gasteiger partial charge is 0.216 e. The van der Waals surface area contributed by atoms with Crippen molar-refractivity contribution in [3.05, 3.63) is 163 Å². The molecular weight excluding hydrogens is 869 g/mol. The fraction of sp³-hybridized carbons (Fsp3) is 0.146. The van der Waals surface area contributed by atoms with Crippen molar-refractivity contribution in [1.82, 2.24) is 19.5 Å². The van der Waals surface area contributed by atoms with E-state index < -0.39 is 14.0 Å². The van der Waals surface area contributed by atoms with Gasteiger partial charge in [0.15, 0.2) is 0 Å². The molecule has 9 rings (SSSR count). The van der Waals surface area contributed by atoms with Crippen LogP contribution in [0.4, 0.5) is 0 Å². The van der Waals surface area contributed by atoms with Gasteiger partial charge in [-0.05, 0) is 71.2 Å². The van der Waals surface area contributed by atoms with Gasteiger partial charge < -0.3 is 14.0 Å². The van der Waals surface area contributed by atoms with E-state index in [4.69, 9.17) is 10.8 Å². The summed E-state index contributed by atoms with van der Waals surface area (Å²) < 4.78 is 16.9. The van der Waals surface area contributed by atoms with Crippen LogP contribution in [0.15, 0.2) is 144 Å². The normalized spacial score (nSPS) is 11.9. The maximum atomic E-state index is 8.44. The maximum Gasteiger partial charge on any atom is 0.216 e. The third-order valence-electron chi connectivity index (χ3n) is 9.69. The molecule has 0 spiro atoms. The van der Waals surface area contributed by atoms with Crippen molar-refractivity contribution in [1.29, 1.82) is 0 Å². The van der Waals surface area contributed by atoms with Crippen molar-refractivity contribution >= 4 is 46.4 Å². The predicted octanol–water partition coefficient (Wildman–Crippen LogP) is 12.0. The third-order valence-corrected chi connectivity index (χ3v) is 11.7. The molecule has 7 heteroatoms. The number of para-hydroxylation sites is 2. The van der Waals surface area contributed by atoms with Crippen molar-refractivity contribution in [2.45, 2.75) is 46.3 Å². The van der Waals surface area contributed by atoms with E-state index in [2.05, 4.69) is 113 Å². The van der Waals surface area contributed by atoms with E-state index in [-0.39, 0.29) is 20.1 Å². The molecular formula is C48H42IrN4OSi-2. The van der Waals surface area contributed by atoms with Crippen LogP contribution in [0.2, 0.25) is 19.6 Å². The van der Waals surface area contributed by atoms with Gasteiger partial charge >= 0.3 is 0 Å². The van der Waals surface area contributed by atoms with Crippen LogP contribution in [0.3, 0.4) is 0 Å². The van der Waals surface area contributed by atoms with Gasteiger partial charge in [-0.2, -0.15) is 0 Å².